The molecule has 3 aromatic carbocycles. The highest BCUT2D eigenvalue weighted by atomic mass is 35.5. The zero-order valence-electron chi connectivity index (χ0n) is 17.5. The Hall–Kier alpha value is -4.01. The molecule has 0 heterocycles. The minimum absolute atomic E-state index is 0.370. The fourth-order valence-electron chi connectivity index (χ4n) is 2.92. The molecule has 0 unspecified atom stereocenters. The molecule has 0 aliphatic carbocycles. The molecule has 0 fully saturated rings. The van der Waals surface area contributed by atoms with E-state index >= 15 is 0 Å². The number of benzene rings is 3. The van der Waals surface area contributed by atoms with Gasteiger partial charge >= 0.3 is 5.97 Å². The first-order valence-corrected chi connectivity index (χ1v) is 10.00. The van der Waals surface area contributed by atoms with Gasteiger partial charge in [-0.05, 0) is 65.2 Å². The molecular weight excluding hydrogens is 426 g/mol. The molecule has 3 rings (SSSR count). The number of nitriles is 1. The number of allylic oxidation sites excluding steroid dienone is 1. The fraction of sp³-hybridized carbons (Fsp3) is 0.0769. The van der Waals surface area contributed by atoms with E-state index in [1.807, 2.05) is 6.07 Å². The molecular formula is C26H20ClNO4. The third-order valence-electron chi connectivity index (χ3n) is 4.48. The number of carbonyl (C=O) groups is 1. The third-order valence-corrected chi connectivity index (χ3v) is 4.73. The second kappa shape index (κ2) is 10.9. The third kappa shape index (κ3) is 6.00. The van der Waals surface area contributed by atoms with Gasteiger partial charge in [0.2, 0.25) is 0 Å². The first-order valence-electron chi connectivity index (χ1n) is 9.62. The number of methoxy groups -OCH3 is 2. The molecule has 3 aromatic rings. The largest absolute Gasteiger partial charge is 0.493 e. The number of ether oxygens (including phenoxy) is 3. The zero-order valence-corrected chi connectivity index (χ0v) is 18.3. The summed E-state index contributed by atoms with van der Waals surface area (Å²) in [5, 5.41) is 10.1. The van der Waals surface area contributed by atoms with Crippen molar-refractivity contribution in [2.24, 2.45) is 0 Å². The van der Waals surface area contributed by atoms with Crippen molar-refractivity contribution >= 4 is 35.3 Å². The van der Waals surface area contributed by atoms with E-state index in [9.17, 15) is 10.1 Å². The Kier molecular flexibility index (Phi) is 7.69. The summed E-state index contributed by atoms with van der Waals surface area (Å²) in [4.78, 5) is 12.3. The van der Waals surface area contributed by atoms with Crippen LogP contribution in [0.2, 0.25) is 5.02 Å². The molecule has 0 amide bonds. The van der Waals surface area contributed by atoms with E-state index in [-0.39, 0.29) is 0 Å². The number of hydrogen-bond acceptors (Lipinski definition) is 5. The summed E-state index contributed by atoms with van der Waals surface area (Å²) in [6.07, 6.45) is 4.68. The van der Waals surface area contributed by atoms with Crippen LogP contribution < -0.4 is 14.2 Å². The van der Waals surface area contributed by atoms with Gasteiger partial charge in [-0.2, -0.15) is 5.26 Å². The Morgan fingerprint density at radius 1 is 0.938 bits per heavy atom. The van der Waals surface area contributed by atoms with E-state index in [1.165, 1.54) is 6.08 Å². The van der Waals surface area contributed by atoms with E-state index in [0.717, 1.165) is 16.7 Å². The van der Waals surface area contributed by atoms with Crippen LogP contribution in [0.1, 0.15) is 16.7 Å². The van der Waals surface area contributed by atoms with Gasteiger partial charge in [0.15, 0.2) is 11.5 Å². The van der Waals surface area contributed by atoms with Crippen molar-refractivity contribution in [1.29, 1.82) is 5.26 Å². The van der Waals surface area contributed by atoms with E-state index < -0.39 is 5.97 Å². The smallest absolute Gasteiger partial charge is 0.336 e. The van der Waals surface area contributed by atoms with Crippen molar-refractivity contribution in [1.82, 2.24) is 0 Å². The van der Waals surface area contributed by atoms with Gasteiger partial charge in [-0.3, -0.25) is 0 Å². The monoisotopic (exact) mass is 445 g/mol. The van der Waals surface area contributed by atoms with Gasteiger partial charge in [-0.1, -0.05) is 41.9 Å². The molecule has 32 heavy (non-hydrogen) atoms. The quantitative estimate of drug-likeness (QED) is 0.146. The second-order valence-corrected chi connectivity index (χ2v) is 7.05. The van der Waals surface area contributed by atoms with Crippen molar-refractivity contribution in [3.05, 3.63) is 94.5 Å². The molecule has 5 nitrogen and oxygen atoms in total. The lowest BCUT2D eigenvalue weighted by Gasteiger charge is -2.07. The Morgan fingerprint density at radius 2 is 1.69 bits per heavy atom. The Labute approximate surface area is 191 Å². The van der Waals surface area contributed by atoms with Crippen LogP contribution in [0.25, 0.3) is 17.7 Å². The second-order valence-electron chi connectivity index (χ2n) is 6.62. The summed E-state index contributed by atoms with van der Waals surface area (Å²) in [7, 11) is 3.11. The molecule has 0 bridgehead atoms. The number of nitrogens with zero attached hydrogens (tertiary/aromatic N) is 1. The molecule has 0 N–H and O–H groups in total. The van der Waals surface area contributed by atoms with Crippen LogP contribution in [-0.2, 0) is 4.79 Å². The fourth-order valence-corrected chi connectivity index (χ4v) is 3.04. The lowest BCUT2D eigenvalue weighted by atomic mass is 10.0. The van der Waals surface area contributed by atoms with Crippen LogP contribution >= 0.6 is 11.6 Å². The summed E-state index contributed by atoms with van der Waals surface area (Å²) in [6, 6.07) is 21.5. The van der Waals surface area contributed by atoms with Crippen molar-refractivity contribution in [2.45, 2.75) is 0 Å². The lowest BCUT2D eigenvalue weighted by molar-refractivity contribution is -0.128. The summed E-state index contributed by atoms with van der Waals surface area (Å²) < 4.78 is 15.9. The van der Waals surface area contributed by atoms with Gasteiger partial charge in [0.1, 0.15) is 5.75 Å². The van der Waals surface area contributed by atoms with E-state index in [1.54, 1.807) is 87.0 Å². The van der Waals surface area contributed by atoms with Crippen LogP contribution in [0.3, 0.4) is 0 Å². The number of hydrogen-bond donors (Lipinski definition) is 0. The number of carbonyl (C=O) groups excluding carboxylic acids is 1. The van der Waals surface area contributed by atoms with Crippen molar-refractivity contribution < 1.29 is 19.0 Å². The van der Waals surface area contributed by atoms with Gasteiger partial charge in [0.25, 0.3) is 0 Å². The highest BCUT2D eigenvalue weighted by Crippen LogP contribution is 2.28. The van der Waals surface area contributed by atoms with Gasteiger partial charge in [0, 0.05) is 11.1 Å². The maximum absolute atomic E-state index is 12.3. The maximum Gasteiger partial charge on any atom is 0.336 e. The molecule has 0 saturated carbocycles. The Bertz CT molecular complexity index is 1210. The van der Waals surface area contributed by atoms with Crippen molar-refractivity contribution in [2.75, 3.05) is 14.2 Å². The molecule has 0 radical (unpaired) electrons. The topological polar surface area (TPSA) is 68.5 Å². The molecule has 0 saturated heterocycles. The minimum Gasteiger partial charge on any atom is -0.493 e. The lowest BCUT2D eigenvalue weighted by Crippen LogP contribution is -2.03. The summed E-state index contributed by atoms with van der Waals surface area (Å²) in [5.74, 6) is 1.01. The molecule has 0 aromatic heterocycles. The minimum atomic E-state index is -0.529. The van der Waals surface area contributed by atoms with Crippen molar-refractivity contribution in [3.63, 3.8) is 0 Å². The van der Waals surface area contributed by atoms with Gasteiger partial charge in [-0.15, -0.1) is 0 Å². The predicted molar refractivity (Wildman–Crippen MR) is 126 cm³/mol. The van der Waals surface area contributed by atoms with Gasteiger partial charge in [-0.25, -0.2) is 4.79 Å². The van der Waals surface area contributed by atoms with E-state index in [2.05, 4.69) is 6.07 Å². The number of halogens is 1. The average Bonchev–Trinajstić information content (AvgIpc) is 2.82. The number of rotatable bonds is 7. The van der Waals surface area contributed by atoms with Crippen LogP contribution in [0, 0.1) is 11.3 Å². The van der Waals surface area contributed by atoms with Gasteiger partial charge < -0.3 is 14.2 Å². The van der Waals surface area contributed by atoms with E-state index in [4.69, 9.17) is 25.8 Å². The molecule has 6 heteroatoms. The molecule has 0 aliphatic rings. The molecule has 0 spiro atoms. The standard InChI is InChI=1S/C26H20ClNO4/c1-30-24-12-6-18(16-25(24)31-2)7-13-26(29)32-23-5-3-4-19(15-23)14-21(17-28)20-8-10-22(27)11-9-20/h3-16H,1-2H3/b13-7+,21-14-. The number of esters is 1. The first kappa shape index (κ1) is 22.7. The SMILES string of the molecule is COc1ccc(/C=C/C(=O)Oc2cccc(/C=C(/C#N)c3ccc(Cl)cc3)c2)cc1OC. The van der Waals surface area contributed by atoms with Crippen LogP contribution in [0.4, 0.5) is 0 Å². The molecule has 0 atom stereocenters. The average molecular weight is 446 g/mol. The molecule has 160 valence electrons. The van der Waals surface area contributed by atoms with Gasteiger partial charge in [0.05, 0.1) is 25.9 Å². The molecule has 0 aliphatic heterocycles. The summed E-state index contributed by atoms with van der Waals surface area (Å²) in [6.45, 7) is 0. The first-order chi connectivity index (χ1) is 15.5. The van der Waals surface area contributed by atoms with Crippen LogP contribution in [0.5, 0.6) is 17.2 Å². The predicted octanol–water partition coefficient (Wildman–Crippen LogP) is 6.04. The van der Waals surface area contributed by atoms with Crippen LogP contribution in [-0.4, -0.2) is 20.2 Å². The Balaban J connectivity index is 1.73. The van der Waals surface area contributed by atoms with Crippen molar-refractivity contribution in [3.8, 4) is 23.3 Å². The summed E-state index contributed by atoms with van der Waals surface area (Å²) in [5.41, 5.74) is 2.71. The van der Waals surface area contributed by atoms with Crippen LogP contribution in [0.15, 0.2) is 72.8 Å². The zero-order chi connectivity index (χ0) is 22.9. The van der Waals surface area contributed by atoms with E-state index in [0.29, 0.717) is 27.8 Å². The maximum atomic E-state index is 12.3. The summed E-state index contributed by atoms with van der Waals surface area (Å²) >= 11 is 5.91. The highest BCUT2D eigenvalue weighted by molar-refractivity contribution is 6.30. The highest BCUT2D eigenvalue weighted by Gasteiger charge is 2.06. The normalized spacial score (nSPS) is 11.1. The Morgan fingerprint density at radius 3 is 2.38 bits per heavy atom.